The normalized spacial score (nSPS) is 11.0. The number of anilines is 1. The summed E-state index contributed by atoms with van der Waals surface area (Å²) >= 11 is 9.36. The first-order valence-corrected chi connectivity index (χ1v) is 8.49. The maximum Gasteiger partial charge on any atom is 0.224 e. The van der Waals surface area contributed by atoms with Gasteiger partial charge >= 0.3 is 0 Å². The molecule has 108 valence electrons. The van der Waals surface area contributed by atoms with Gasteiger partial charge in [0.15, 0.2) is 0 Å². The van der Waals surface area contributed by atoms with Crippen molar-refractivity contribution in [2.24, 2.45) is 0 Å². The van der Waals surface area contributed by atoms with E-state index in [4.69, 9.17) is 11.6 Å². The summed E-state index contributed by atoms with van der Waals surface area (Å²) < 4.78 is 0. The van der Waals surface area contributed by atoms with Crippen LogP contribution in [0.4, 0.5) is 5.95 Å². The largest absolute Gasteiger partial charge is 0.357 e. The molecule has 0 aliphatic carbocycles. The monoisotopic (exact) mass is 336 g/mol. The molecule has 0 aliphatic rings. The summed E-state index contributed by atoms with van der Waals surface area (Å²) in [6.07, 6.45) is 2.72. The first-order chi connectivity index (χ1) is 10.2. The number of fused-ring (bicyclic) bond motifs is 1. The van der Waals surface area contributed by atoms with Crippen molar-refractivity contribution in [3.8, 4) is 0 Å². The van der Waals surface area contributed by atoms with Crippen molar-refractivity contribution in [3.63, 3.8) is 0 Å². The van der Waals surface area contributed by atoms with Crippen LogP contribution in [-0.4, -0.2) is 22.0 Å². The molecule has 0 spiro atoms. The predicted molar refractivity (Wildman–Crippen MR) is 89.7 cm³/mol. The van der Waals surface area contributed by atoms with Gasteiger partial charge in [0.1, 0.15) is 14.9 Å². The van der Waals surface area contributed by atoms with E-state index in [2.05, 4.69) is 33.3 Å². The van der Waals surface area contributed by atoms with E-state index < -0.39 is 0 Å². The molecule has 4 nitrogen and oxygen atoms in total. The lowest BCUT2D eigenvalue weighted by atomic mass is 10.3. The van der Waals surface area contributed by atoms with Gasteiger partial charge in [0, 0.05) is 23.5 Å². The highest BCUT2D eigenvalue weighted by Gasteiger charge is 2.14. The van der Waals surface area contributed by atoms with Crippen molar-refractivity contribution in [1.82, 2.24) is 15.0 Å². The number of pyridine rings is 1. The molecular formula is C14H13ClN4S2. The van der Waals surface area contributed by atoms with Crippen LogP contribution in [0.2, 0.25) is 5.02 Å². The fourth-order valence-electron chi connectivity index (χ4n) is 1.85. The molecule has 3 heterocycles. The highest BCUT2D eigenvalue weighted by Crippen LogP contribution is 2.37. The number of hydrogen-bond acceptors (Lipinski definition) is 6. The van der Waals surface area contributed by atoms with Gasteiger partial charge in [-0.2, -0.15) is 0 Å². The summed E-state index contributed by atoms with van der Waals surface area (Å²) in [6.45, 7) is 2.14. The summed E-state index contributed by atoms with van der Waals surface area (Å²) in [5.41, 5.74) is 0. The van der Waals surface area contributed by atoms with Gasteiger partial charge in [-0.3, -0.25) is 0 Å². The number of rotatable bonds is 4. The third-order valence-electron chi connectivity index (χ3n) is 2.90. The average Bonchev–Trinajstić information content (AvgIpc) is 2.92. The summed E-state index contributed by atoms with van der Waals surface area (Å²) in [5.74, 6) is 0.613. The van der Waals surface area contributed by atoms with Crippen LogP contribution in [0, 0.1) is 0 Å². The Labute approximate surface area is 136 Å². The molecule has 1 N–H and O–H groups in total. The Morgan fingerprint density at radius 1 is 1.33 bits per heavy atom. The summed E-state index contributed by atoms with van der Waals surface area (Å²) in [6, 6.07) is 5.80. The molecule has 0 bridgehead atoms. The molecule has 0 aliphatic heterocycles. The van der Waals surface area contributed by atoms with Crippen LogP contribution in [0.1, 0.15) is 11.8 Å². The zero-order chi connectivity index (χ0) is 14.8. The van der Waals surface area contributed by atoms with Crippen LogP contribution >= 0.6 is 34.7 Å². The van der Waals surface area contributed by atoms with E-state index in [1.807, 2.05) is 19.2 Å². The van der Waals surface area contributed by atoms with Gasteiger partial charge in [0.05, 0.1) is 5.02 Å². The van der Waals surface area contributed by atoms with Crippen LogP contribution in [0.5, 0.6) is 0 Å². The third-order valence-corrected chi connectivity index (χ3v) is 5.51. The van der Waals surface area contributed by atoms with Crippen LogP contribution in [0.25, 0.3) is 10.2 Å². The van der Waals surface area contributed by atoms with E-state index in [-0.39, 0.29) is 0 Å². The van der Waals surface area contributed by atoms with Crippen molar-refractivity contribution in [2.75, 3.05) is 12.4 Å². The minimum absolute atomic E-state index is 0.613. The van der Waals surface area contributed by atoms with E-state index in [0.29, 0.717) is 11.0 Å². The molecule has 0 amide bonds. The first kappa shape index (κ1) is 14.6. The predicted octanol–water partition coefficient (Wildman–Crippen LogP) is 4.50. The second-order valence-electron chi connectivity index (χ2n) is 4.28. The number of nitrogens with one attached hydrogen (secondary N) is 1. The summed E-state index contributed by atoms with van der Waals surface area (Å²) in [4.78, 5) is 15.7. The zero-order valence-electron chi connectivity index (χ0n) is 11.6. The molecule has 0 saturated heterocycles. The lowest BCUT2D eigenvalue weighted by Crippen LogP contribution is -1.97. The number of thiophene rings is 1. The average molecular weight is 337 g/mol. The fourth-order valence-corrected chi connectivity index (χ4v) is 3.98. The second-order valence-corrected chi connectivity index (χ2v) is 6.78. The molecule has 3 rings (SSSR count). The SMILES string of the molecule is CCc1cc2c(Sc3ncccc3Cl)nc(NC)nc2s1. The molecule has 0 unspecified atom stereocenters. The van der Waals surface area contributed by atoms with Gasteiger partial charge in [-0.1, -0.05) is 18.5 Å². The van der Waals surface area contributed by atoms with Crippen molar-refractivity contribution >= 4 is 50.9 Å². The third kappa shape index (κ3) is 2.97. The van der Waals surface area contributed by atoms with E-state index in [1.54, 1.807) is 17.5 Å². The highest BCUT2D eigenvalue weighted by atomic mass is 35.5. The minimum Gasteiger partial charge on any atom is -0.357 e. The highest BCUT2D eigenvalue weighted by molar-refractivity contribution is 7.99. The Hall–Kier alpha value is -1.37. The molecule has 21 heavy (non-hydrogen) atoms. The summed E-state index contributed by atoms with van der Waals surface area (Å²) in [7, 11) is 1.82. The quantitative estimate of drug-likeness (QED) is 0.711. The van der Waals surface area contributed by atoms with Gasteiger partial charge in [-0.15, -0.1) is 11.3 Å². The Bertz CT molecular complexity index is 788. The number of hydrogen-bond donors (Lipinski definition) is 1. The molecule has 0 saturated carbocycles. The first-order valence-electron chi connectivity index (χ1n) is 6.48. The zero-order valence-corrected chi connectivity index (χ0v) is 13.9. The van der Waals surface area contributed by atoms with Crippen molar-refractivity contribution in [1.29, 1.82) is 0 Å². The Morgan fingerprint density at radius 2 is 2.19 bits per heavy atom. The number of aryl methyl sites for hydroxylation is 1. The lowest BCUT2D eigenvalue weighted by Gasteiger charge is -2.05. The number of aromatic nitrogens is 3. The van der Waals surface area contributed by atoms with E-state index >= 15 is 0 Å². The Kier molecular flexibility index (Phi) is 4.28. The fraction of sp³-hybridized carbons (Fsp3) is 0.214. The Balaban J connectivity index is 2.11. The molecule has 0 aromatic carbocycles. The molecule has 7 heteroatoms. The lowest BCUT2D eigenvalue weighted by molar-refractivity contribution is 1.08. The standard InChI is InChI=1S/C14H13ClN4S2/c1-3-8-7-9-11(20-8)18-14(16-2)19-12(9)21-13-10(15)5-4-6-17-13/h4-7H,3H2,1-2H3,(H,16,18,19). The molecule has 0 radical (unpaired) electrons. The van der Waals surface area contributed by atoms with Crippen molar-refractivity contribution in [3.05, 3.63) is 34.3 Å². The van der Waals surface area contributed by atoms with E-state index in [9.17, 15) is 0 Å². The maximum absolute atomic E-state index is 6.19. The second kappa shape index (κ2) is 6.17. The molecular weight excluding hydrogens is 324 g/mol. The van der Waals surface area contributed by atoms with E-state index in [1.165, 1.54) is 16.6 Å². The molecule has 3 aromatic heterocycles. The molecule has 3 aromatic rings. The van der Waals surface area contributed by atoms with Crippen molar-refractivity contribution < 1.29 is 0 Å². The maximum atomic E-state index is 6.19. The molecule has 0 fully saturated rings. The smallest absolute Gasteiger partial charge is 0.224 e. The van der Waals surface area contributed by atoms with Crippen LogP contribution in [-0.2, 0) is 6.42 Å². The molecule has 0 atom stereocenters. The van der Waals surface area contributed by atoms with Gasteiger partial charge in [-0.25, -0.2) is 15.0 Å². The van der Waals surface area contributed by atoms with Gasteiger partial charge < -0.3 is 5.32 Å². The van der Waals surface area contributed by atoms with Gasteiger partial charge in [0.25, 0.3) is 0 Å². The van der Waals surface area contributed by atoms with E-state index in [0.717, 1.165) is 26.7 Å². The summed E-state index contributed by atoms with van der Waals surface area (Å²) in [5, 5.41) is 6.32. The van der Waals surface area contributed by atoms with Crippen molar-refractivity contribution in [2.45, 2.75) is 23.4 Å². The van der Waals surface area contributed by atoms with Gasteiger partial charge in [0.2, 0.25) is 5.95 Å². The van der Waals surface area contributed by atoms with Gasteiger partial charge in [-0.05, 0) is 36.4 Å². The minimum atomic E-state index is 0.613. The van der Waals surface area contributed by atoms with Crippen LogP contribution < -0.4 is 5.32 Å². The topological polar surface area (TPSA) is 50.7 Å². The number of halogens is 1. The van der Waals surface area contributed by atoms with Crippen LogP contribution in [0.3, 0.4) is 0 Å². The number of nitrogens with zero attached hydrogens (tertiary/aromatic N) is 3. The Morgan fingerprint density at radius 3 is 2.90 bits per heavy atom. The van der Waals surface area contributed by atoms with Crippen LogP contribution in [0.15, 0.2) is 34.4 Å².